The monoisotopic (exact) mass is 430 g/mol. The van der Waals surface area contributed by atoms with Gasteiger partial charge in [-0.2, -0.15) is 0 Å². The molecule has 3 heteroatoms. The van der Waals surface area contributed by atoms with E-state index < -0.39 is 5.41 Å². The molecule has 4 rings (SSSR count). The summed E-state index contributed by atoms with van der Waals surface area (Å²) in [5, 5.41) is 3.27. The van der Waals surface area contributed by atoms with E-state index in [9.17, 15) is 4.79 Å². The Morgan fingerprint density at radius 1 is 0.969 bits per heavy atom. The molecule has 1 aliphatic heterocycles. The Morgan fingerprint density at radius 3 is 2.22 bits per heavy atom. The molecular formula is C29H38N2O. The normalized spacial score (nSPS) is 18.8. The predicted molar refractivity (Wildman–Crippen MR) is 132 cm³/mol. The minimum Gasteiger partial charge on any atom is -0.375 e. The second-order valence-corrected chi connectivity index (χ2v) is 9.61. The van der Waals surface area contributed by atoms with E-state index >= 15 is 0 Å². The molecule has 170 valence electrons. The highest BCUT2D eigenvalue weighted by Gasteiger charge is 2.43. The lowest BCUT2D eigenvalue weighted by atomic mass is 9.71. The summed E-state index contributed by atoms with van der Waals surface area (Å²) in [6.45, 7) is 9.04. The molecule has 1 saturated carbocycles. The average molecular weight is 431 g/mol. The molecule has 3 nitrogen and oxygen atoms in total. The third-order valence-corrected chi connectivity index (χ3v) is 7.74. The van der Waals surface area contributed by atoms with Gasteiger partial charge in [-0.15, -0.1) is 0 Å². The minimum atomic E-state index is -0.464. The van der Waals surface area contributed by atoms with Crippen molar-refractivity contribution in [2.24, 2.45) is 5.92 Å². The fourth-order valence-electron chi connectivity index (χ4n) is 5.52. The fourth-order valence-corrected chi connectivity index (χ4v) is 5.52. The number of benzene rings is 2. The van der Waals surface area contributed by atoms with E-state index in [1.54, 1.807) is 0 Å². The van der Waals surface area contributed by atoms with Crippen molar-refractivity contribution in [3.05, 3.63) is 83.6 Å². The average Bonchev–Trinajstić information content (AvgIpc) is 2.88. The van der Waals surface area contributed by atoms with Gasteiger partial charge in [-0.05, 0) is 54.7 Å². The lowest BCUT2D eigenvalue weighted by Gasteiger charge is -2.44. The first kappa shape index (κ1) is 22.6. The Labute approximate surface area is 193 Å². The Morgan fingerprint density at radius 2 is 1.59 bits per heavy atom. The third-order valence-electron chi connectivity index (χ3n) is 7.74. The zero-order valence-electron chi connectivity index (χ0n) is 19.6. The number of amides is 1. The molecule has 32 heavy (non-hydrogen) atoms. The highest BCUT2D eigenvalue weighted by molar-refractivity contribution is 5.88. The van der Waals surface area contributed by atoms with Crippen LogP contribution >= 0.6 is 0 Å². The summed E-state index contributed by atoms with van der Waals surface area (Å²) in [6, 6.07) is 19.0. The van der Waals surface area contributed by atoms with Gasteiger partial charge in [0.15, 0.2) is 0 Å². The maximum atomic E-state index is 13.6. The van der Waals surface area contributed by atoms with E-state index in [4.69, 9.17) is 0 Å². The van der Waals surface area contributed by atoms with Crippen LogP contribution in [0.4, 0.5) is 0 Å². The molecule has 2 aliphatic rings. The van der Waals surface area contributed by atoms with Crippen molar-refractivity contribution in [3.8, 4) is 0 Å². The van der Waals surface area contributed by atoms with E-state index in [-0.39, 0.29) is 5.91 Å². The highest BCUT2D eigenvalue weighted by Crippen LogP contribution is 2.39. The fraction of sp³-hybridized carbons (Fsp3) is 0.483. The van der Waals surface area contributed by atoms with Gasteiger partial charge in [-0.25, -0.2) is 0 Å². The predicted octanol–water partition coefficient (Wildman–Crippen LogP) is 5.99. The summed E-state index contributed by atoms with van der Waals surface area (Å²) in [4.78, 5) is 16.1. The number of nitrogens with one attached hydrogen (secondary N) is 1. The summed E-state index contributed by atoms with van der Waals surface area (Å²) in [5.74, 6) is 0.791. The number of carbonyl (C=O) groups is 1. The quantitative estimate of drug-likeness (QED) is 0.585. The molecule has 1 saturated heterocycles. The summed E-state index contributed by atoms with van der Waals surface area (Å²) < 4.78 is 0. The van der Waals surface area contributed by atoms with E-state index in [0.717, 1.165) is 43.5 Å². The topological polar surface area (TPSA) is 32.3 Å². The van der Waals surface area contributed by atoms with E-state index in [2.05, 4.69) is 72.3 Å². The first-order valence-corrected chi connectivity index (χ1v) is 12.5. The van der Waals surface area contributed by atoms with Gasteiger partial charge in [-0.3, -0.25) is 4.79 Å². The van der Waals surface area contributed by atoms with E-state index in [1.165, 1.54) is 43.4 Å². The lowest BCUT2D eigenvalue weighted by Crippen LogP contribution is -2.51. The van der Waals surface area contributed by atoms with Gasteiger partial charge < -0.3 is 10.2 Å². The zero-order chi connectivity index (χ0) is 22.4. The molecule has 0 atom stereocenters. The van der Waals surface area contributed by atoms with Crippen molar-refractivity contribution in [2.45, 2.75) is 70.3 Å². The highest BCUT2D eigenvalue weighted by atomic mass is 16.2. The van der Waals surface area contributed by atoms with Crippen molar-refractivity contribution in [3.63, 3.8) is 0 Å². The second-order valence-electron chi connectivity index (χ2n) is 9.61. The van der Waals surface area contributed by atoms with Crippen LogP contribution in [0.25, 0.3) is 0 Å². The van der Waals surface area contributed by atoms with Crippen LogP contribution in [-0.4, -0.2) is 23.9 Å². The van der Waals surface area contributed by atoms with Crippen molar-refractivity contribution >= 4 is 5.91 Å². The van der Waals surface area contributed by atoms with Crippen LogP contribution < -0.4 is 5.32 Å². The second kappa shape index (κ2) is 10.4. The Hall–Kier alpha value is -2.55. The molecular weight excluding hydrogens is 392 g/mol. The zero-order valence-corrected chi connectivity index (χ0v) is 19.6. The summed E-state index contributed by atoms with van der Waals surface area (Å²) in [5.41, 5.74) is 4.46. The van der Waals surface area contributed by atoms with Crippen LogP contribution in [0, 0.1) is 5.92 Å². The smallest absolute Gasteiger partial charge is 0.231 e. The molecule has 1 amide bonds. The van der Waals surface area contributed by atoms with Crippen molar-refractivity contribution in [1.82, 2.24) is 10.2 Å². The number of allylic oxidation sites excluding steroid dienone is 1. The maximum Gasteiger partial charge on any atom is 0.231 e. The van der Waals surface area contributed by atoms with Gasteiger partial charge >= 0.3 is 0 Å². The number of hydrogen-bond donors (Lipinski definition) is 1. The summed E-state index contributed by atoms with van der Waals surface area (Å²) >= 11 is 0. The van der Waals surface area contributed by atoms with Gasteiger partial charge in [0.1, 0.15) is 0 Å². The van der Waals surface area contributed by atoms with Gasteiger partial charge in [0, 0.05) is 25.3 Å². The molecule has 1 aliphatic carbocycles. The van der Waals surface area contributed by atoms with E-state index in [1.807, 2.05) is 6.07 Å². The first-order valence-electron chi connectivity index (χ1n) is 12.5. The number of piperidine rings is 1. The van der Waals surface area contributed by atoms with Gasteiger partial charge in [0.2, 0.25) is 5.91 Å². The van der Waals surface area contributed by atoms with Gasteiger partial charge in [0.05, 0.1) is 5.41 Å². The largest absolute Gasteiger partial charge is 0.375 e. The molecule has 2 aromatic carbocycles. The van der Waals surface area contributed by atoms with Crippen LogP contribution in [0.5, 0.6) is 0 Å². The van der Waals surface area contributed by atoms with Crippen LogP contribution in [-0.2, 0) is 23.2 Å². The van der Waals surface area contributed by atoms with Crippen molar-refractivity contribution in [1.29, 1.82) is 0 Å². The molecule has 0 radical (unpaired) electrons. The summed E-state index contributed by atoms with van der Waals surface area (Å²) in [7, 11) is 0. The molecule has 0 unspecified atom stereocenters. The molecule has 0 aromatic heterocycles. The number of hydrogen-bond acceptors (Lipinski definition) is 2. The van der Waals surface area contributed by atoms with Crippen molar-refractivity contribution < 1.29 is 4.79 Å². The Balaban J connectivity index is 1.46. The number of carbonyl (C=O) groups excluding carboxylic acids is 1. The standard InChI is InChI=1S/C29H38N2O/c1-3-24-14-16-25(17-15-24)22-30-28(32)29(27-12-8-5-9-13-27)18-20-31(21-19-29)23(2)26-10-6-4-7-11-26/h5,8-9,12-17,26H,2-4,6-7,10-11,18-22H2,1H3,(H,30,32). The molecule has 2 aromatic rings. The molecule has 0 bridgehead atoms. The Kier molecular flexibility index (Phi) is 7.34. The third kappa shape index (κ3) is 4.92. The minimum absolute atomic E-state index is 0.159. The molecule has 1 N–H and O–H groups in total. The van der Waals surface area contributed by atoms with Gasteiger partial charge in [-0.1, -0.05) is 87.4 Å². The number of likely N-dealkylation sites (tertiary alicyclic amines) is 1. The van der Waals surface area contributed by atoms with E-state index in [0.29, 0.717) is 12.5 Å². The number of aryl methyl sites for hydroxylation is 1. The van der Waals surface area contributed by atoms with Crippen LogP contribution in [0.1, 0.15) is 68.6 Å². The van der Waals surface area contributed by atoms with Gasteiger partial charge in [0.25, 0.3) is 0 Å². The number of nitrogens with zero attached hydrogens (tertiary/aromatic N) is 1. The summed E-state index contributed by atoms with van der Waals surface area (Å²) in [6.07, 6.45) is 9.27. The van der Waals surface area contributed by atoms with Crippen LogP contribution in [0.2, 0.25) is 0 Å². The SMILES string of the molecule is C=C(C1CCCCC1)N1CCC(C(=O)NCc2ccc(CC)cc2)(c2ccccc2)CC1. The number of rotatable bonds is 7. The molecule has 1 heterocycles. The maximum absolute atomic E-state index is 13.6. The lowest BCUT2D eigenvalue weighted by molar-refractivity contribution is -0.128. The Bertz CT molecular complexity index is 889. The van der Waals surface area contributed by atoms with Crippen molar-refractivity contribution in [2.75, 3.05) is 13.1 Å². The van der Waals surface area contributed by atoms with Crippen LogP contribution in [0.15, 0.2) is 66.9 Å². The van der Waals surface area contributed by atoms with Crippen LogP contribution in [0.3, 0.4) is 0 Å². The first-order chi connectivity index (χ1) is 15.6. The molecule has 2 fully saturated rings. The molecule has 0 spiro atoms.